The second-order valence-electron chi connectivity index (χ2n) is 4.07. The van der Waals surface area contributed by atoms with E-state index < -0.39 is 17.9 Å². The Bertz CT molecular complexity index is 478. The van der Waals surface area contributed by atoms with Gasteiger partial charge in [0.2, 0.25) is 0 Å². The molecule has 8 heteroatoms. The highest BCUT2D eigenvalue weighted by Gasteiger charge is 2.08. The fourth-order valence-corrected chi connectivity index (χ4v) is 1.27. The number of amides is 3. The van der Waals surface area contributed by atoms with Crippen molar-refractivity contribution in [3.8, 4) is 0 Å². The molecule has 0 bridgehead atoms. The van der Waals surface area contributed by atoms with E-state index in [1.807, 2.05) is 6.92 Å². The van der Waals surface area contributed by atoms with Crippen LogP contribution in [-0.4, -0.2) is 36.0 Å². The van der Waals surface area contributed by atoms with Gasteiger partial charge in [-0.3, -0.25) is 20.0 Å². The molecule has 114 valence electrons. The molecule has 3 N–H and O–H groups in total. The molecule has 0 fully saturated rings. The average molecular weight is 294 g/mol. The Labute approximate surface area is 122 Å². The average Bonchev–Trinajstić information content (AvgIpc) is 2.51. The molecule has 0 aliphatic rings. The van der Waals surface area contributed by atoms with Gasteiger partial charge in [0.05, 0.1) is 6.61 Å². The number of nitrogens with zero attached hydrogens (tertiary/aromatic N) is 1. The molecule has 0 saturated heterocycles. The first kappa shape index (κ1) is 16.4. The van der Waals surface area contributed by atoms with Crippen LogP contribution in [0.3, 0.4) is 0 Å². The highest BCUT2D eigenvalue weighted by Crippen LogP contribution is 1.94. The minimum atomic E-state index is -0.704. The van der Waals surface area contributed by atoms with E-state index in [-0.39, 0.29) is 6.54 Å². The predicted octanol–water partition coefficient (Wildman–Crippen LogP) is 0.369. The van der Waals surface area contributed by atoms with Gasteiger partial charge in [-0.2, -0.15) is 0 Å². The van der Waals surface area contributed by atoms with Gasteiger partial charge in [-0.05, 0) is 18.6 Å². The summed E-state index contributed by atoms with van der Waals surface area (Å²) in [5.41, 5.74) is 4.67. The fourth-order valence-electron chi connectivity index (χ4n) is 1.27. The summed E-state index contributed by atoms with van der Waals surface area (Å²) in [6.07, 6.45) is 4.62. The molecule has 1 rings (SSSR count). The zero-order valence-electron chi connectivity index (χ0n) is 11.7. The summed E-state index contributed by atoms with van der Waals surface area (Å²) in [4.78, 5) is 37.9. The summed E-state index contributed by atoms with van der Waals surface area (Å²) < 4.78 is 4.85. The van der Waals surface area contributed by atoms with Crippen molar-refractivity contribution in [2.24, 2.45) is 0 Å². The summed E-state index contributed by atoms with van der Waals surface area (Å²) in [6.45, 7) is 2.04. The van der Waals surface area contributed by atoms with Crippen molar-refractivity contribution in [1.29, 1.82) is 0 Å². The second-order valence-corrected chi connectivity index (χ2v) is 4.07. The number of unbranched alkanes of at least 4 members (excludes halogenated alkanes) is 1. The van der Waals surface area contributed by atoms with Gasteiger partial charge in [-0.15, -0.1) is 0 Å². The molecule has 0 aliphatic heterocycles. The molecule has 0 radical (unpaired) electrons. The standard InChI is InChI=1S/C13H18N4O4/c1-2-3-8-21-11(18)9-15-13(20)17-16-12(19)10-4-6-14-7-5-10/h4-7H,2-3,8-9H2,1H3,(H,16,19)(H2,15,17,20). The quantitative estimate of drug-likeness (QED) is 0.399. The predicted molar refractivity (Wildman–Crippen MR) is 74.1 cm³/mol. The molecule has 0 saturated carbocycles. The number of hydrogen-bond donors (Lipinski definition) is 3. The number of urea groups is 1. The molecule has 1 aromatic heterocycles. The molecule has 1 heterocycles. The van der Waals surface area contributed by atoms with Gasteiger partial charge >= 0.3 is 12.0 Å². The SMILES string of the molecule is CCCCOC(=O)CNC(=O)NNC(=O)c1ccncc1. The summed E-state index contributed by atoms with van der Waals surface area (Å²) in [6, 6.07) is 2.30. The van der Waals surface area contributed by atoms with Crippen LogP contribution in [0.5, 0.6) is 0 Å². The Morgan fingerprint density at radius 3 is 2.57 bits per heavy atom. The topological polar surface area (TPSA) is 109 Å². The van der Waals surface area contributed by atoms with Gasteiger partial charge in [0, 0.05) is 18.0 Å². The zero-order chi connectivity index (χ0) is 15.5. The third-order valence-electron chi connectivity index (χ3n) is 2.39. The number of esters is 1. The van der Waals surface area contributed by atoms with E-state index in [9.17, 15) is 14.4 Å². The van der Waals surface area contributed by atoms with E-state index in [0.717, 1.165) is 12.8 Å². The van der Waals surface area contributed by atoms with Gasteiger partial charge in [0.15, 0.2) is 0 Å². The number of hydrazine groups is 1. The summed E-state index contributed by atoms with van der Waals surface area (Å²) in [7, 11) is 0. The molecule has 0 spiro atoms. The lowest BCUT2D eigenvalue weighted by Gasteiger charge is -2.09. The van der Waals surface area contributed by atoms with Crippen LogP contribution >= 0.6 is 0 Å². The largest absolute Gasteiger partial charge is 0.464 e. The lowest BCUT2D eigenvalue weighted by Crippen LogP contribution is -2.48. The maximum Gasteiger partial charge on any atom is 0.333 e. The van der Waals surface area contributed by atoms with E-state index in [2.05, 4.69) is 21.2 Å². The molecule has 0 aliphatic carbocycles. The maximum atomic E-state index is 11.6. The lowest BCUT2D eigenvalue weighted by molar-refractivity contribution is -0.142. The van der Waals surface area contributed by atoms with Gasteiger partial charge in [-0.25, -0.2) is 10.2 Å². The Balaban J connectivity index is 2.19. The van der Waals surface area contributed by atoms with Crippen molar-refractivity contribution < 1.29 is 19.1 Å². The smallest absolute Gasteiger partial charge is 0.333 e. The van der Waals surface area contributed by atoms with Crippen LogP contribution < -0.4 is 16.2 Å². The lowest BCUT2D eigenvalue weighted by atomic mass is 10.3. The third-order valence-corrected chi connectivity index (χ3v) is 2.39. The van der Waals surface area contributed by atoms with Crippen LogP contribution in [0.15, 0.2) is 24.5 Å². The van der Waals surface area contributed by atoms with Crippen molar-refractivity contribution in [3.05, 3.63) is 30.1 Å². The number of aromatic nitrogens is 1. The van der Waals surface area contributed by atoms with Crippen LogP contribution in [-0.2, 0) is 9.53 Å². The number of nitrogens with one attached hydrogen (secondary N) is 3. The maximum absolute atomic E-state index is 11.6. The second kappa shape index (κ2) is 9.29. The van der Waals surface area contributed by atoms with Gasteiger partial charge in [-0.1, -0.05) is 13.3 Å². The molecule has 8 nitrogen and oxygen atoms in total. The number of carbonyl (C=O) groups excluding carboxylic acids is 3. The van der Waals surface area contributed by atoms with Crippen molar-refractivity contribution in [2.75, 3.05) is 13.2 Å². The Kier molecular flexibility index (Phi) is 7.26. The van der Waals surface area contributed by atoms with Crippen molar-refractivity contribution >= 4 is 17.9 Å². The molecular weight excluding hydrogens is 276 g/mol. The fraction of sp³-hybridized carbons (Fsp3) is 0.385. The molecule has 21 heavy (non-hydrogen) atoms. The number of hydrogen-bond acceptors (Lipinski definition) is 5. The van der Waals surface area contributed by atoms with E-state index in [1.165, 1.54) is 24.5 Å². The summed E-state index contributed by atoms with van der Waals surface area (Å²) >= 11 is 0. The number of ether oxygens (including phenoxy) is 1. The zero-order valence-corrected chi connectivity index (χ0v) is 11.7. The Morgan fingerprint density at radius 2 is 1.90 bits per heavy atom. The molecular formula is C13H18N4O4. The first-order valence-corrected chi connectivity index (χ1v) is 6.53. The van der Waals surface area contributed by atoms with Crippen molar-refractivity contribution in [3.63, 3.8) is 0 Å². The molecule has 3 amide bonds. The Morgan fingerprint density at radius 1 is 1.19 bits per heavy atom. The number of carbonyl (C=O) groups is 3. The number of pyridine rings is 1. The van der Waals surface area contributed by atoms with Crippen LogP contribution in [0.25, 0.3) is 0 Å². The highest BCUT2D eigenvalue weighted by atomic mass is 16.5. The molecule has 1 aromatic rings. The molecule has 0 unspecified atom stereocenters. The number of rotatable bonds is 6. The molecule has 0 atom stereocenters. The minimum Gasteiger partial charge on any atom is -0.464 e. The third kappa shape index (κ3) is 6.90. The van der Waals surface area contributed by atoms with Crippen molar-refractivity contribution in [1.82, 2.24) is 21.2 Å². The minimum absolute atomic E-state index is 0.263. The van der Waals surface area contributed by atoms with Crippen LogP contribution in [0.1, 0.15) is 30.1 Å². The summed E-state index contributed by atoms with van der Waals surface area (Å²) in [5, 5.41) is 2.26. The van der Waals surface area contributed by atoms with E-state index >= 15 is 0 Å². The highest BCUT2D eigenvalue weighted by molar-refractivity contribution is 5.95. The van der Waals surface area contributed by atoms with Crippen LogP contribution in [0, 0.1) is 0 Å². The normalized spacial score (nSPS) is 9.57. The summed E-state index contributed by atoms with van der Waals surface area (Å²) in [5.74, 6) is -1.02. The molecule has 0 aromatic carbocycles. The monoisotopic (exact) mass is 294 g/mol. The van der Waals surface area contributed by atoms with Gasteiger partial charge in [0.1, 0.15) is 6.54 Å². The van der Waals surface area contributed by atoms with Gasteiger partial charge in [0.25, 0.3) is 5.91 Å². The van der Waals surface area contributed by atoms with E-state index in [1.54, 1.807) is 0 Å². The first-order valence-electron chi connectivity index (χ1n) is 6.53. The van der Waals surface area contributed by atoms with E-state index in [4.69, 9.17) is 4.74 Å². The van der Waals surface area contributed by atoms with E-state index in [0.29, 0.717) is 12.2 Å². The van der Waals surface area contributed by atoms with Crippen LogP contribution in [0.2, 0.25) is 0 Å². The Hall–Kier alpha value is -2.64. The first-order chi connectivity index (χ1) is 10.1. The van der Waals surface area contributed by atoms with Gasteiger partial charge < -0.3 is 10.1 Å². The van der Waals surface area contributed by atoms with Crippen LogP contribution in [0.4, 0.5) is 4.79 Å². The van der Waals surface area contributed by atoms with Crippen molar-refractivity contribution in [2.45, 2.75) is 19.8 Å².